The summed E-state index contributed by atoms with van der Waals surface area (Å²) in [4.78, 5) is 0. The van der Waals surface area contributed by atoms with Crippen molar-refractivity contribution in [3.63, 3.8) is 0 Å². The molecular weight excluding hydrogens is 657 g/mol. The van der Waals surface area contributed by atoms with Gasteiger partial charge in [-0.2, -0.15) is 0 Å². The summed E-state index contributed by atoms with van der Waals surface area (Å²) in [5.74, 6) is 0.860. The monoisotopic (exact) mass is 688 g/mol. The van der Waals surface area contributed by atoms with Gasteiger partial charge in [-0.25, -0.2) is 0 Å². The van der Waals surface area contributed by atoms with Crippen LogP contribution < -0.4 is 0 Å². The minimum atomic E-state index is 0.835. The second kappa shape index (κ2) is 12.2. The second-order valence-electron chi connectivity index (χ2n) is 13.9. The van der Waals surface area contributed by atoms with Crippen molar-refractivity contribution in [1.29, 1.82) is 0 Å². The molecule has 252 valence electrons. The van der Waals surface area contributed by atoms with Gasteiger partial charge < -0.3 is 8.83 Å². The van der Waals surface area contributed by atoms with Gasteiger partial charge in [0.15, 0.2) is 0 Å². The molecular formula is C52H32O2. The number of hydrogen-bond donors (Lipinski definition) is 0. The molecule has 0 spiro atoms. The standard InChI is InChI=1S/C52H32O2/c1-4-15-33(16-5-1)34-27-29-36(30-28-34)48-38-21-10-12-23-40(38)50(41-24-13-11-22-39(41)48)42-25-14-26-45-51(42)44-32-47-43(31-46(44)53-45)49(35-17-6-2-7-18-35)52(54-47)37-19-8-3-9-20-37/h1-32H. The van der Waals surface area contributed by atoms with Gasteiger partial charge >= 0.3 is 0 Å². The Morgan fingerprint density at radius 1 is 0.259 bits per heavy atom. The van der Waals surface area contributed by atoms with E-state index in [4.69, 9.17) is 8.83 Å². The number of fused-ring (bicyclic) bond motifs is 6. The third-order valence-electron chi connectivity index (χ3n) is 10.9. The summed E-state index contributed by atoms with van der Waals surface area (Å²) >= 11 is 0. The Hall–Kier alpha value is -7.16. The Labute approximate surface area is 312 Å². The van der Waals surface area contributed by atoms with E-state index in [1.165, 1.54) is 49.4 Å². The lowest BCUT2D eigenvalue weighted by atomic mass is 9.84. The van der Waals surface area contributed by atoms with Gasteiger partial charge in [-0.3, -0.25) is 0 Å². The first-order valence-electron chi connectivity index (χ1n) is 18.4. The molecule has 0 atom stereocenters. The molecule has 0 bridgehead atoms. The van der Waals surface area contributed by atoms with E-state index in [0.29, 0.717) is 0 Å². The van der Waals surface area contributed by atoms with E-state index in [2.05, 4.69) is 188 Å². The van der Waals surface area contributed by atoms with Gasteiger partial charge in [-0.15, -0.1) is 0 Å². The van der Waals surface area contributed by atoms with Crippen LogP contribution in [0.2, 0.25) is 0 Å². The molecule has 0 amide bonds. The highest BCUT2D eigenvalue weighted by Gasteiger charge is 2.23. The predicted octanol–water partition coefficient (Wildman–Crippen LogP) is 15.0. The number of furan rings is 2. The highest BCUT2D eigenvalue weighted by atomic mass is 16.3. The highest BCUT2D eigenvalue weighted by Crippen LogP contribution is 2.49. The smallest absolute Gasteiger partial charge is 0.143 e. The quantitative estimate of drug-likeness (QED) is 0.168. The minimum absolute atomic E-state index is 0.835. The van der Waals surface area contributed by atoms with Gasteiger partial charge in [-0.05, 0) is 78.7 Å². The molecule has 9 aromatic carbocycles. The van der Waals surface area contributed by atoms with Crippen molar-refractivity contribution >= 4 is 54.5 Å². The van der Waals surface area contributed by atoms with Crippen molar-refractivity contribution in [1.82, 2.24) is 0 Å². The van der Waals surface area contributed by atoms with Gasteiger partial charge in [0, 0.05) is 27.3 Å². The Morgan fingerprint density at radius 3 is 1.35 bits per heavy atom. The molecule has 2 heterocycles. The fourth-order valence-electron chi connectivity index (χ4n) is 8.50. The number of benzene rings is 9. The Kier molecular flexibility index (Phi) is 6.90. The summed E-state index contributed by atoms with van der Waals surface area (Å²) in [6.45, 7) is 0. The van der Waals surface area contributed by atoms with Gasteiger partial charge in [0.1, 0.15) is 22.5 Å². The van der Waals surface area contributed by atoms with Crippen molar-refractivity contribution in [2.24, 2.45) is 0 Å². The summed E-state index contributed by atoms with van der Waals surface area (Å²) in [5, 5.41) is 8.01. The molecule has 2 heteroatoms. The third kappa shape index (κ3) is 4.74. The van der Waals surface area contributed by atoms with Crippen LogP contribution in [0.4, 0.5) is 0 Å². The molecule has 0 aliphatic carbocycles. The first kappa shape index (κ1) is 30.5. The van der Waals surface area contributed by atoms with Crippen LogP contribution in [0.15, 0.2) is 203 Å². The van der Waals surface area contributed by atoms with E-state index in [9.17, 15) is 0 Å². The van der Waals surface area contributed by atoms with Gasteiger partial charge in [0.05, 0.1) is 0 Å². The second-order valence-corrected chi connectivity index (χ2v) is 13.9. The fraction of sp³-hybridized carbons (Fsp3) is 0. The van der Waals surface area contributed by atoms with Crippen molar-refractivity contribution in [2.45, 2.75) is 0 Å². The summed E-state index contributed by atoms with van der Waals surface area (Å²) in [6, 6.07) is 68.9. The topological polar surface area (TPSA) is 26.3 Å². The molecule has 11 rings (SSSR count). The molecule has 0 fully saturated rings. The Balaban J connectivity index is 1.17. The fourth-order valence-corrected chi connectivity index (χ4v) is 8.50. The first-order chi connectivity index (χ1) is 26.8. The lowest BCUT2D eigenvalue weighted by Crippen LogP contribution is -1.91. The molecule has 0 N–H and O–H groups in total. The minimum Gasteiger partial charge on any atom is -0.456 e. The Bertz CT molecular complexity index is 3110. The largest absolute Gasteiger partial charge is 0.456 e. The maximum absolute atomic E-state index is 6.81. The SMILES string of the molecule is c1ccc(-c2ccc(-c3c4ccccc4c(-c4cccc5oc6cc7c(-c8ccccc8)c(-c8ccccc8)oc7cc6c45)c4ccccc34)cc2)cc1. The molecule has 11 aromatic rings. The summed E-state index contributed by atoms with van der Waals surface area (Å²) in [5.41, 5.74) is 13.0. The van der Waals surface area contributed by atoms with E-state index in [-0.39, 0.29) is 0 Å². The van der Waals surface area contributed by atoms with Gasteiger partial charge in [0.25, 0.3) is 0 Å². The normalized spacial score (nSPS) is 11.7. The van der Waals surface area contributed by atoms with E-state index >= 15 is 0 Å². The molecule has 54 heavy (non-hydrogen) atoms. The van der Waals surface area contributed by atoms with E-state index in [1.54, 1.807) is 0 Å². The summed E-state index contributed by atoms with van der Waals surface area (Å²) in [6.07, 6.45) is 0. The van der Waals surface area contributed by atoms with Crippen LogP contribution in [0.1, 0.15) is 0 Å². The molecule has 0 aliphatic heterocycles. The zero-order chi connectivity index (χ0) is 35.6. The van der Waals surface area contributed by atoms with Crippen LogP contribution in [0, 0.1) is 0 Å². The highest BCUT2D eigenvalue weighted by molar-refractivity contribution is 6.26. The van der Waals surface area contributed by atoms with Crippen LogP contribution >= 0.6 is 0 Å². The van der Waals surface area contributed by atoms with E-state index in [0.717, 1.165) is 60.9 Å². The zero-order valence-electron chi connectivity index (χ0n) is 29.3. The van der Waals surface area contributed by atoms with Crippen molar-refractivity contribution in [3.8, 4) is 55.8 Å². The molecule has 0 saturated carbocycles. The van der Waals surface area contributed by atoms with Gasteiger partial charge in [-0.1, -0.05) is 176 Å². The van der Waals surface area contributed by atoms with Crippen LogP contribution in [-0.2, 0) is 0 Å². The summed E-state index contributed by atoms with van der Waals surface area (Å²) < 4.78 is 13.6. The molecule has 2 aromatic heterocycles. The predicted molar refractivity (Wildman–Crippen MR) is 226 cm³/mol. The Morgan fingerprint density at radius 2 is 0.722 bits per heavy atom. The van der Waals surface area contributed by atoms with Crippen LogP contribution in [0.3, 0.4) is 0 Å². The average Bonchev–Trinajstić information content (AvgIpc) is 3.81. The van der Waals surface area contributed by atoms with Crippen LogP contribution in [0.5, 0.6) is 0 Å². The van der Waals surface area contributed by atoms with E-state index in [1.807, 2.05) is 6.07 Å². The zero-order valence-corrected chi connectivity index (χ0v) is 29.3. The van der Waals surface area contributed by atoms with Gasteiger partial charge in [0.2, 0.25) is 0 Å². The third-order valence-corrected chi connectivity index (χ3v) is 10.9. The molecule has 2 nitrogen and oxygen atoms in total. The van der Waals surface area contributed by atoms with Crippen LogP contribution in [-0.4, -0.2) is 0 Å². The maximum atomic E-state index is 6.81. The number of rotatable bonds is 5. The molecule has 0 aliphatic rings. The summed E-state index contributed by atoms with van der Waals surface area (Å²) in [7, 11) is 0. The molecule has 0 unspecified atom stereocenters. The van der Waals surface area contributed by atoms with Crippen LogP contribution in [0.25, 0.3) is 110 Å². The van der Waals surface area contributed by atoms with Crippen molar-refractivity contribution in [2.75, 3.05) is 0 Å². The lowest BCUT2D eigenvalue weighted by molar-refractivity contribution is 0.632. The lowest BCUT2D eigenvalue weighted by Gasteiger charge is -2.18. The number of hydrogen-bond acceptors (Lipinski definition) is 2. The maximum Gasteiger partial charge on any atom is 0.143 e. The molecule has 0 radical (unpaired) electrons. The van der Waals surface area contributed by atoms with E-state index < -0.39 is 0 Å². The van der Waals surface area contributed by atoms with Crippen molar-refractivity contribution < 1.29 is 8.83 Å². The average molecular weight is 689 g/mol. The van der Waals surface area contributed by atoms with Crippen molar-refractivity contribution in [3.05, 3.63) is 194 Å². The first-order valence-corrected chi connectivity index (χ1v) is 18.4. The molecule has 0 saturated heterocycles.